The average Bonchev–Trinajstić information content (AvgIpc) is 2.53. The fourth-order valence-electron chi connectivity index (χ4n) is 1.72. The lowest BCUT2D eigenvalue weighted by Crippen LogP contribution is -2.31. The Balaban J connectivity index is 2.02. The van der Waals surface area contributed by atoms with Gasteiger partial charge in [0.2, 0.25) is 5.95 Å². The maximum atomic E-state index is 5.46. The Bertz CT molecular complexity index is 274. The van der Waals surface area contributed by atoms with Gasteiger partial charge >= 0.3 is 0 Å². The predicted molar refractivity (Wildman–Crippen MR) is 50.2 cm³/mol. The molecule has 0 spiro atoms. The summed E-state index contributed by atoms with van der Waals surface area (Å²) < 4.78 is 1.89. The summed E-state index contributed by atoms with van der Waals surface area (Å²) in [5.41, 5.74) is 5.46. The van der Waals surface area contributed by atoms with Crippen molar-refractivity contribution in [1.82, 2.24) is 19.7 Å². The van der Waals surface area contributed by atoms with Crippen molar-refractivity contribution in [2.24, 2.45) is 0 Å². The number of rotatable bonds is 1. The molecule has 1 aromatic heterocycles. The molecule has 0 bridgehead atoms. The van der Waals surface area contributed by atoms with Crippen LogP contribution in [0.15, 0.2) is 6.33 Å². The van der Waals surface area contributed by atoms with Crippen LogP contribution < -0.4 is 5.73 Å². The monoisotopic (exact) mass is 181 g/mol. The third-order valence-corrected chi connectivity index (χ3v) is 2.59. The summed E-state index contributed by atoms with van der Waals surface area (Å²) in [6, 6.07) is 0.487. The molecule has 72 valence electrons. The maximum Gasteiger partial charge on any atom is 0.239 e. The van der Waals surface area contributed by atoms with Gasteiger partial charge < -0.3 is 10.6 Å². The third-order valence-electron chi connectivity index (χ3n) is 2.59. The van der Waals surface area contributed by atoms with E-state index >= 15 is 0 Å². The molecule has 0 aliphatic carbocycles. The van der Waals surface area contributed by atoms with Crippen LogP contribution in [0.25, 0.3) is 0 Å². The van der Waals surface area contributed by atoms with Gasteiger partial charge in [0.15, 0.2) is 0 Å². The van der Waals surface area contributed by atoms with Gasteiger partial charge in [0.1, 0.15) is 6.33 Å². The van der Waals surface area contributed by atoms with E-state index in [9.17, 15) is 0 Å². The molecule has 2 rings (SSSR count). The molecular weight excluding hydrogens is 166 g/mol. The van der Waals surface area contributed by atoms with E-state index in [1.807, 2.05) is 4.68 Å². The van der Waals surface area contributed by atoms with E-state index in [0.29, 0.717) is 12.0 Å². The Kier molecular flexibility index (Phi) is 2.18. The summed E-state index contributed by atoms with van der Waals surface area (Å²) in [7, 11) is 2.14. The first kappa shape index (κ1) is 8.50. The van der Waals surface area contributed by atoms with E-state index in [-0.39, 0.29) is 0 Å². The average molecular weight is 181 g/mol. The van der Waals surface area contributed by atoms with Crippen LogP contribution in [0.5, 0.6) is 0 Å². The van der Waals surface area contributed by atoms with Gasteiger partial charge in [-0.1, -0.05) is 0 Å². The Hall–Kier alpha value is -1.10. The fraction of sp³-hybridized carbons (Fsp3) is 0.750. The Morgan fingerprint density at radius 2 is 2.15 bits per heavy atom. The predicted octanol–water partition coefficient (Wildman–Crippen LogP) is 0.127. The van der Waals surface area contributed by atoms with Crippen molar-refractivity contribution in [2.45, 2.75) is 18.9 Å². The minimum Gasteiger partial charge on any atom is -0.367 e. The molecule has 13 heavy (non-hydrogen) atoms. The number of aromatic nitrogens is 3. The molecule has 1 saturated heterocycles. The highest BCUT2D eigenvalue weighted by Gasteiger charge is 2.18. The largest absolute Gasteiger partial charge is 0.367 e. The van der Waals surface area contributed by atoms with Crippen molar-refractivity contribution in [3.05, 3.63) is 6.33 Å². The van der Waals surface area contributed by atoms with Crippen molar-refractivity contribution >= 4 is 5.95 Å². The number of nitrogens with zero attached hydrogens (tertiary/aromatic N) is 4. The number of hydrogen-bond acceptors (Lipinski definition) is 4. The van der Waals surface area contributed by atoms with Gasteiger partial charge in [0.05, 0.1) is 6.04 Å². The van der Waals surface area contributed by atoms with Gasteiger partial charge in [-0.05, 0) is 33.0 Å². The Morgan fingerprint density at radius 1 is 1.46 bits per heavy atom. The smallest absolute Gasteiger partial charge is 0.239 e. The molecule has 0 amide bonds. The highest BCUT2D eigenvalue weighted by molar-refractivity contribution is 5.09. The van der Waals surface area contributed by atoms with Crippen molar-refractivity contribution in [3.8, 4) is 0 Å². The van der Waals surface area contributed by atoms with Crippen LogP contribution in [0, 0.1) is 0 Å². The zero-order chi connectivity index (χ0) is 9.26. The summed E-state index contributed by atoms with van der Waals surface area (Å²) in [6.45, 7) is 2.26. The summed E-state index contributed by atoms with van der Waals surface area (Å²) in [5.74, 6) is 0.374. The van der Waals surface area contributed by atoms with Crippen molar-refractivity contribution in [2.75, 3.05) is 25.9 Å². The molecule has 1 fully saturated rings. The number of likely N-dealkylation sites (tertiary alicyclic amines) is 1. The number of anilines is 1. The first-order valence-corrected chi connectivity index (χ1v) is 4.61. The molecule has 0 aromatic carbocycles. The molecule has 0 atom stereocenters. The van der Waals surface area contributed by atoms with Gasteiger partial charge in [0, 0.05) is 0 Å². The van der Waals surface area contributed by atoms with Crippen LogP contribution in [0.3, 0.4) is 0 Å². The standard InChI is InChI=1S/C8H15N5/c1-12-4-2-7(3-5-12)13-6-10-8(9)11-13/h6-7H,2-5H2,1H3,(H2,9,11). The molecule has 1 aliphatic heterocycles. The topological polar surface area (TPSA) is 60.0 Å². The van der Waals surface area contributed by atoms with E-state index in [2.05, 4.69) is 22.0 Å². The SMILES string of the molecule is CN1CCC(n2cnc(N)n2)CC1. The van der Waals surface area contributed by atoms with Crippen molar-refractivity contribution < 1.29 is 0 Å². The lowest BCUT2D eigenvalue weighted by Gasteiger charge is -2.28. The van der Waals surface area contributed by atoms with Crippen LogP contribution in [0.4, 0.5) is 5.95 Å². The first-order valence-electron chi connectivity index (χ1n) is 4.61. The number of nitrogen functional groups attached to an aromatic ring is 1. The van der Waals surface area contributed by atoms with E-state index in [1.165, 1.54) is 0 Å². The van der Waals surface area contributed by atoms with Crippen LogP contribution in [-0.4, -0.2) is 39.8 Å². The van der Waals surface area contributed by atoms with Crippen molar-refractivity contribution in [3.63, 3.8) is 0 Å². The summed E-state index contributed by atoms with van der Waals surface area (Å²) in [5, 5.41) is 4.12. The van der Waals surface area contributed by atoms with Gasteiger partial charge in [-0.15, -0.1) is 5.10 Å². The third kappa shape index (κ3) is 1.80. The molecule has 1 aliphatic rings. The van der Waals surface area contributed by atoms with E-state index in [0.717, 1.165) is 25.9 Å². The van der Waals surface area contributed by atoms with Gasteiger partial charge in [-0.3, -0.25) is 0 Å². The van der Waals surface area contributed by atoms with Crippen LogP contribution in [0.2, 0.25) is 0 Å². The molecule has 5 heteroatoms. The maximum absolute atomic E-state index is 5.46. The second kappa shape index (κ2) is 3.33. The molecule has 0 saturated carbocycles. The second-order valence-corrected chi connectivity index (χ2v) is 3.62. The number of nitrogens with two attached hydrogens (primary N) is 1. The molecule has 0 radical (unpaired) electrons. The summed E-state index contributed by atoms with van der Waals surface area (Å²) in [4.78, 5) is 6.26. The van der Waals surface area contributed by atoms with Crippen LogP contribution >= 0.6 is 0 Å². The zero-order valence-electron chi connectivity index (χ0n) is 7.85. The molecule has 2 N–H and O–H groups in total. The highest BCUT2D eigenvalue weighted by atomic mass is 15.4. The lowest BCUT2D eigenvalue weighted by atomic mass is 10.1. The first-order chi connectivity index (χ1) is 6.25. The Labute approximate surface area is 77.5 Å². The van der Waals surface area contributed by atoms with Gasteiger partial charge in [-0.25, -0.2) is 9.67 Å². The zero-order valence-corrected chi connectivity index (χ0v) is 7.85. The minimum atomic E-state index is 0.374. The normalized spacial score (nSPS) is 20.7. The fourth-order valence-corrected chi connectivity index (χ4v) is 1.72. The van der Waals surface area contributed by atoms with Gasteiger partial charge in [0.25, 0.3) is 0 Å². The molecule has 5 nitrogen and oxygen atoms in total. The van der Waals surface area contributed by atoms with Crippen molar-refractivity contribution in [1.29, 1.82) is 0 Å². The number of hydrogen-bond donors (Lipinski definition) is 1. The van der Waals surface area contributed by atoms with Crippen LogP contribution in [-0.2, 0) is 0 Å². The molecule has 1 aromatic rings. The van der Waals surface area contributed by atoms with E-state index < -0.39 is 0 Å². The number of piperidine rings is 1. The summed E-state index contributed by atoms with van der Waals surface area (Å²) in [6.07, 6.45) is 4.00. The van der Waals surface area contributed by atoms with Crippen LogP contribution in [0.1, 0.15) is 18.9 Å². The summed E-state index contributed by atoms with van der Waals surface area (Å²) >= 11 is 0. The minimum absolute atomic E-state index is 0.374. The quantitative estimate of drug-likeness (QED) is 0.669. The second-order valence-electron chi connectivity index (χ2n) is 3.62. The molecule has 0 unspecified atom stereocenters. The lowest BCUT2D eigenvalue weighted by molar-refractivity contribution is 0.212. The Morgan fingerprint density at radius 3 is 2.69 bits per heavy atom. The highest BCUT2D eigenvalue weighted by Crippen LogP contribution is 2.20. The van der Waals surface area contributed by atoms with E-state index in [1.54, 1.807) is 6.33 Å². The molecular formula is C8H15N5. The van der Waals surface area contributed by atoms with Gasteiger partial charge in [-0.2, -0.15) is 0 Å². The molecule has 2 heterocycles. The van der Waals surface area contributed by atoms with E-state index in [4.69, 9.17) is 5.73 Å².